The number of anilines is 2. The number of hydrogen-bond acceptors (Lipinski definition) is 10. The Morgan fingerprint density at radius 3 is 1.44 bits per heavy atom. The minimum Gasteiger partial charge on any atom is -0.463 e. The first kappa shape index (κ1) is 29.9. The molecule has 2 aromatic rings. The first-order valence-electron chi connectivity index (χ1n) is 14.5. The van der Waals surface area contributed by atoms with Crippen molar-refractivity contribution < 1.29 is 47.8 Å². The Balaban J connectivity index is 1.45. The van der Waals surface area contributed by atoms with E-state index in [0.29, 0.717) is 5.57 Å². The molecule has 0 spiro atoms. The Bertz CT molecular complexity index is 1620. The second-order valence-electron chi connectivity index (χ2n) is 11.8. The zero-order chi connectivity index (χ0) is 32.5. The predicted molar refractivity (Wildman–Crippen MR) is 155 cm³/mol. The standard InChI is InChI=1S/C33H30N2O10/c1-6-43-32(42)25-15(2)22-23-26(30(40)34(28(23)38)18-7-11-20(12-8-18)44-16(3)36)33(25,5)27-24(22)29(39)35(31(27)41)19-9-13-21(14-10-19)45-17(4)37/h7-14,22-24,26-27H,6H2,1-5H3/t22?,23-,24+,26-,27-,33?/m1/s1. The molecule has 0 N–H and O–H groups in total. The highest BCUT2D eigenvalue weighted by atomic mass is 16.5. The summed E-state index contributed by atoms with van der Waals surface area (Å²) in [5.41, 5.74) is -0.520. The molecule has 232 valence electrons. The Labute approximate surface area is 257 Å². The quantitative estimate of drug-likeness (QED) is 0.270. The van der Waals surface area contributed by atoms with Crippen LogP contribution in [-0.4, -0.2) is 48.1 Å². The minimum atomic E-state index is -1.56. The van der Waals surface area contributed by atoms with Gasteiger partial charge < -0.3 is 14.2 Å². The first-order valence-corrected chi connectivity index (χ1v) is 14.5. The molecule has 2 aliphatic heterocycles. The number of rotatable bonds is 6. The molecular formula is C33H30N2O10. The molecule has 0 aromatic heterocycles. The summed E-state index contributed by atoms with van der Waals surface area (Å²) in [5.74, 6) is -8.83. The molecule has 5 aliphatic rings. The van der Waals surface area contributed by atoms with Crippen LogP contribution < -0.4 is 19.3 Å². The van der Waals surface area contributed by atoms with Crippen molar-refractivity contribution in [3.63, 3.8) is 0 Å². The fourth-order valence-electron chi connectivity index (χ4n) is 7.98. The molecular weight excluding hydrogens is 584 g/mol. The largest absolute Gasteiger partial charge is 0.463 e. The Morgan fingerprint density at radius 2 is 1.09 bits per heavy atom. The SMILES string of the molecule is CCOC(=O)C1=C(C)C2[C@H]3C(=O)N(c4ccc(OC(C)=O)cc4)C(=O)[C@@H]3C1(C)[C@H]1C(=O)N(c3ccc(OC(C)=O)cc3)C(=O)[C@@H]21. The number of nitrogens with zero attached hydrogens (tertiary/aromatic N) is 2. The number of allylic oxidation sites excluding steroid dienone is 1. The fourth-order valence-corrected chi connectivity index (χ4v) is 7.98. The van der Waals surface area contributed by atoms with Crippen molar-refractivity contribution in [3.8, 4) is 11.5 Å². The number of ether oxygens (including phenoxy) is 3. The average molecular weight is 615 g/mol. The van der Waals surface area contributed by atoms with E-state index in [4.69, 9.17) is 14.2 Å². The van der Waals surface area contributed by atoms with Gasteiger partial charge in [0.25, 0.3) is 0 Å². The number of carbonyl (C=O) groups is 7. The molecule has 12 heteroatoms. The molecule has 3 fully saturated rings. The van der Waals surface area contributed by atoms with E-state index in [1.807, 2.05) is 0 Å². The Hall–Kier alpha value is -5.13. The van der Waals surface area contributed by atoms with Gasteiger partial charge in [0.15, 0.2) is 0 Å². The van der Waals surface area contributed by atoms with Crippen LogP contribution >= 0.6 is 0 Å². The van der Waals surface area contributed by atoms with Crippen LogP contribution in [0.1, 0.15) is 34.6 Å². The molecule has 2 unspecified atom stereocenters. The van der Waals surface area contributed by atoms with Crippen LogP contribution in [0.2, 0.25) is 0 Å². The molecule has 7 rings (SSSR count). The smallest absolute Gasteiger partial charge is 0.334 e. The van der Waals surface area contributed by atoms with Crippen LogP contribution in [0.15, 0.2) is 59.7 Å². The van der Waals surface area contributed by atoms with Gasteiger partial charge in [-0.15, -0.1) is 0 Å². The van der Waals surface area contributed by atoms with Crippen molar-refractivity contribution in [2.75, 3.05) is 16.4 Å². The topological polar surface area (TPSA) is 154 Å². The van der Waals surface area contributed by atoms with Crippen molar-refractivity contribution in [1.29, 1.82) is 0 Å². The molecule has 4 amide bonds. The van der Waals surface area contributed by atoms with Crippen molar-refractivity contribution in [2.24, 2.45) is 35.0 Å². The number of imide groups is 2. The summed E-state index contributed by atoms with van der Waals surface area (Å²) in [6.07, 6.45) is 0. The average Bonchev–Trinajstić information content (AvgIpc) is 3.39. The Morgan fingerprint density at radius 1 is 0.689 bits per heavy atom. The lowest BCUT2D eigenvalue weighted by molar-refractivity contribution is -0.155. The third-order valence-corrected chi connectivity index (χ3v) is 9.39. The highest BCUT2D eigenvalue weighted by Crippen LogP contribution is 2.68. The number of esters is 3. The van der Waals surface area contributed by atoms with E-state index in [1.165, 1.54) is 62.4 Å². The van der Waals surface area contributed by atoms with Crippen molar-refractivity contribution in [2.45, 2.75) is 34.6 Å². The lowest BCUT2D eigenvalue weighted by atomic mass is 9.43. The molecule has 2 heterocycles. The summed E-state index contributed by atoms with van der Waals surface area (Å²) in [5, 5.41) is 0. The summed E-state index contributed by atoms with van der Waals surface area (Å²) in [6.45, 7) is 7.43. The molecule has 45 heavy (non-hydrogen) atoms. The molecule has 2 aromatic carbocycles. The van der Waals surface area contributed by atoms with Gasteiger partial charge in [0.1, 0.15) is 11.5 Å². The van der Waals surface area contributed by atoms with Crippen molar-refractivity contribution in [3.05, 3.63) is 59.7 Å². The number of amides is 4. The van der Waals surface area contributed by atoms with Gasteiger partial charge in [0, 0.05) is 30.8 Å². The third kappa shape index (κ3) is 4.22. The molecule has 3 aliphatic carbocycles. The lowest BCUT2D eigenvalue weighted by Crippen LogP contribution is -2.61. The maximum Gasteiger partial charge on any atom is 0.334 e. The van der Waals surface area contributed by atoms with E-state index < -0.39 is 76.5 Å². The molecule has 1 saturated carbocycles. The normalized spacial score (nSPS) is 28.3. The Kier molecular flexibility index (Phi) is 6.98. The van der Waals surface area contributed by atoms with E-state index in [1.54, 1.807) is 20.8 Å². The van der Waals surface area contributed by atoms with Crippen molar-refractivity contribution in [1.82, 2.24) is 0 Å². The summed E-state index contributed by atoms with van der Waals surface area (Å²) >= 11 is 0. The van der Waals surface area contributed by atoms with Gasteiger partial charge in [-0.05, 0) is 62.4 Å². The van der Waals surface area contributed by atoms with E-state index in [9.17, 15) is 33.6 Å². The fraction of sp³-hybridized carbons (Fsp3) is 0.364. The van der Waals surface area contributed by atoms with E-state index >= 15 is 0 Å². The molecule has 2 saturated heterocycles. The summed E-state index contributed by atoms with van der Waals surface area (Å²) in [6, 6.07) is 11.7. The molecule has 0 radical (unpaired) electrons. The first-order chi connectivity index (χ1) is 21.3. The van der Waals surface area contributed by atoms with Gasteiger partial charge in [-0.2, -0.15) is 0 Å². The van der Waals surface area contributed by atoms with Gasteiger partial charge in [0.2, 0.25) is 23.6 Å². The van der Waals surface area contributed by atoms with Crippen LogP contribution in [0.3, 0.4) is 0 Å². The maximum absolute atomic E-state index is 14.3. The van der Waals surface area contributed by atoms with E-state index in [2.05, 4.69) is 0 Å². The number of benzene rings is 2. The van der Waals surface area contributed by atoms with E-state index in [-0.39, 0.29) is 35.1 Å². The van der Waals surface area contributed by atoms with Crippen LogP contribution in [-0.2, 0) is 38.3 Å². The van der Waals surface area contributed by atoms with Crippen LogP contribution in [0.25, 0.3) is 0 Å². The summed E-state index contributed by atoms with van der Waals surface area (Å²) in [4.78, 5) is 95.2. The van der Waals surface area contributed by atoms with Gasteiger partial charge in [0.05, 0.1) is 41.7 Å². The minimum absolute atomic E-state index is 0.0416. The van der Waals surface area contributed by atoms with Crippen molar-refractivity contribution >= 4 is 52.9 Å². The van der Waals surface area contributed by atoms with Crippen LogP contribution in [0.5, 0.6) is 11.5 Å². The lowest BCUT2D eigenvalue weighted by Gasteiger charge is -2.55. The molecule has 12 nitrogen and oxygen atoms in total. The monoisotopic (exact) mass is 614 g/mol. The van der Waals surface area contributed by atoms with Crippen LogP contribution in [0, 0.1) is 35.0 Å². The highest BCUT2D eigenvalue weighted by Gasteiger charge is 2.77. The van der Waals surface area contributed by atoms with Gasteiger partial charge in [-0.3, -0.25) is 38.6 Å². The molecule has 6 atom stereocenters. The van der Waals surface area contributed by atoms with Gasteiger partial charge in [-0.1, -0.05) is 12.5 Å². The molecule has 2 bridgehead atoms. The van der Waals surface area contributed by atoms with Gasteiger partial charge >= 0.3 is 17.9 Å². The zero-order valence-corrected chi connectivity index (χ0v) is 25.2. The maximum atomic E-state index is 14.3. The van der Waals surface area contributed by atoms with Gasteiger partial charge in [-0.25, -0.2) is 4.79 Å². The predicted octanol–water partition coefficient (Wildman–Crippen LogP) is 2.98. The third-order valence-electron chi connectivity index (χ3n) is 9.39. The summed E-state index contributed by atoms with van der Waals surface area (Å²) in [7, 11) is 0. The second kappa shape index (κ2) is 10.5. The second-order valence-corrected chi connectivity index (χ2v) is 11.8. The number of hydrogen-bond donors (Lipinski definition) is 0. The zero-order valence-electron chi connectivity index (χ0n) is 25.2. The summed E-state index contributed by atoms with van der Waals surface area (Å²) < 4.78 is 15.6. The highest BCUT2D eigenvalue weighted by molar-refractivity contribution is 6.27. The number of carbonyl (C=O) groups excluding carboxylic acids is 7. The van der Waals surface area contributed by atoms with Crippen LogP contribution in [0.4, 0.5) is 11.4 Å². The van der Waals surface area contributed by atoms with E-state index in [0.717, 1.165) is 9.80 Å².